The summed E-state index contributed by atoms with van der Waals surface area (Å²) in [5, 5.41) is 4.51. The summed E-state index contributed by atoms with van der Waals surface area (Å²) < 4.78 is 29.5. The minimum atomic E-state index is -2.70. The second-order valence-electron chi connectivity index (χ2n) is 9.61. The molecule has 2 fully saturated rings. The maximum absolute atomic E-state index is 13.8. The Morgan fingerprint density at radius 2 is 1.72 bits per heavy atom. The van der Waals surface area contributed by atoms with Crippen molar-refractivity contribution in [3.8, 4) is 11.1 Å². The molecule has 1 atom stereocenters. The summed E-state index contributed by atoms with van der Waals surface area (Å²) in [7, 11) is 0. The van der Waals surface area contributed by atoms with Crippen molar-refractivity contribution in [3.63, 3.8) is 0 Å². The number of halogens is 2. The van der Waals surface area contributed by atoms with E-state index in [1.165, 1.54) is 0 Å². The van der Waals surface area contributed by atoms with Gasteiger partial charge in [-0.15, -0.1) is 0 Å². The minimum Gasteiger partial charge on any atom is -0.368 e. The average Bonchev–Trinajstić information content (AvgIpc) is 3.22. The number of nitrogens with zero attached hydrogens (tertiary/aromatic N) is 7. The number of piperazine rings is 1. The number of aryl methyl sites for hydroxylation is 2. The van der Waals surface area contributed by atoms with Crippen molar-refractivity contribution in [1.82, 2.24) is 24.6 Å². The van der Waals surface area contributed by atoms with E-state index in [9.17, 15) is 13.6 Å². The summed E-state index contributed by atoms with van der Waals surface area (Å²) in [5.41, 5.74) is 4.76. The molecule has 2 aliphatic heterocycles. The van der Waals surface area contributed by atoms with Crippen LogP contribution in [0, 0.1) is 13.8 Å². The molecule has 2 saturated heterocycles. The second kappa shape index (κ2) is 9.93. The fraction of sp³-hybridized carbons (Fsp3) is 0.462. The van der Waals surface area contributed by atoms with E-state index < -0.39 is 12.1 Å². The SMILES string of the molecule is Cc1cc(C)n(C(C=O)N2CCN(c3ccccc3-c3cnc(N4CCCC(F)(F)C4)nc3)CC2)n1. The van der Waals surface area contributed by atoms with Crippen molar-refractivity contribution >= 4 is 17.9 Å². The molecule has 0 amide bonds. The third kappa shape index (κ3) is 4.95. The molecule has 0 bridgehead atoms. The van der Waals surface area contributed by atoms with Crippen LogP contribution in [0.5, 0.6) is 0 Å². The van der Waals surface area contributed by atoms with Crippen LogP contribution in [0.1, 0.15) is 30.4 Å². The summed E-state index contributed by atoms with van der Waals surface area (Å²) in [6, 6.07) is 10.1. The minimum absolute atomic E-state index is 0.0863. The van der Waals surface area contributed by atoms with Gasteiger partial charge in [-0.2, -0.15) is 5.10 Å². The molecule has 0 radical (unpaired) electrons. The zero-order valence-electron chi connectivity index (χ0n) is 20.6. The Labute approximate surface area is 209 Å². The van der Waals surface area contributed by atoms with Gasteiger partial charge in [-0.1, -0.05) is 18.2 Å². The monoisotopic (exact) mass is 495 g/mol. The van der Waals surface area contributed by atoms with Crippen LogP contribution >= 0.6 is 0 Å². The highest BCUT2D eigenvalue weighted by Crippen LogP contribution is 2.33. The van der Waals surface area contributed by atoms with E-state index in [-0.39, 0.29) is 13.0 Å². The Hall–Kier alpha value is -3.40. The molecule has 0 N–H and O–H groups in total. The van der Waals surface area contributed by atoms with Crippen molar-refractivity contribution in [2.75, 3.05) is 49.1 Å². The molecule has 190 valence electrons. The van der Waals surface area contributed by atoms with Gasteiger partial charge in [-0.3, -0.25) is 9.69 Å². The molecule has 10 heteroatoms. The van der Waals surface area contributed by atoms with Gasteiger partial charge in [-0.25, -0.2) is 23.4 Å². The number of aldehydes is 1. The van der Waals surface area contributed by atoms with Gasteiger partial charge < -0.3 is 9.80 Å². The number of carbonyl (C=O) groups is 1. The van der Waals surface area contributed by atoms with Gasteiger partial charge in [-0.05, 0) is 32.4 Å². The molecule has 0 spiro atoms. The number of aromatic nitrogens is 4. The number of para-hydroxylation sites is 1. The molecule has 0 aliphatic carbocycles. The zero-order valence-corrected chi connectivity index (χ0v) is 20.6. The van der Waals surface area contributed by atoms with Gasteiger partial charge in [0, 0.05) is 74.0 Å². The quantitative estimate of drug-likeness (QED) is 0.483. The predicted molar refractivity (Wildman–Crippen MR) is 134 cm³/mol. The summed E-state index contributed by atoms with van der Waals surface area (Å²) in [4.78, 5) is 26.8. The fourth-order valence-electron chi connectivity index (χ4n) is 5.19. The van der Waals surface area contributed by atoms with Crippen molar-refractivity contribution in [1.29, 1.82) is 0 Å². The molecular formula is C26H31F2N7O. The van der Waals surface area contributed by atoms with Gasteiger partial charge >= 0.3 is 0 Å². The summed E-state index contributed by atoms with van der Waals surface area (Å²) in [6.45, 7) is 7.03. The highest BCUT2D eigenvalue weighted by atomic mass is 19.3. The molecule has 5 rings (SSSR count). The Balaban J connectivity index is 1.30. The zero-order chi connectivity index (χ0) is 25.3. The lowest BCUT2D eigenvalue weighted by Gasteiger charge is -2.39. The molecule has 2 aliphatic rings. The van der Waals surface area contributed by atoms with Crippen LogP contribution in [-0.2, 0) is 4.79 Å². The Morgan fingerprint density at radius 3 is 2.36 bits per heavy atom. The number of hydrogen-bond donors (Lipinski definition) is 0. The van der Waals surface area contributed by atoms with Gasteiger partial charge in [0.1, 0.15) is 0 Å². The van der Waals surface area contributed by atoms with Crippen LogP contribution in [0.25, 0.3) is 11.1 Å². The maximum Gasteiger partial charge on any atom is 0.265 e. The first-order valence-corrected chi connectivity index (χ1v) is 12.4. The highest BCUT2D eigenvalue weighted by Gasteiger charge is 2.36. The van der Waals surface area contributed by atoms with Crippen molar-refractivity contribution in [2.24, 2.45) is 0 Å². The molecule has 3 aromatic rings. The molecular weight excluding hydrogens is 464 g/mol. The Bertz CT molecular complexity index is 1210. The third-order valence-electron chi connectivity index (χ3n) is 6.97. The van der Waals surface area contributed by atoms with Crippen LogP contribution < -0.4 is 9.80 Å². The number of alkyl halides is 2. The van der Waals surface area contributed by atoms with Gasteiger partial charge in [0.15, 0.2) is 12.5 Å². The molecule has 4 heterocycles. The number of piperidine rings is 1. The number of hydrogen-bond acceptors (Lipinski definition) is 7. The van der Waals surface area contributed by atoms with Crippen LogP contribution in [0.15, 0.2) is 42.7 Å². The summed E-state index contributed by atoms with van der Waals surface area (Å²) >= 11 is 0. The molecule has 1 unspecified atom stereocenters. The Morgan fingerprint density at radius 1 is 1.00 bits per heavy atom. The van der Waals surface area contributed by atoms with Crippen LogP contribution in [0.3, 0.4) is 0 Å². The third-order valence-corrected chi connectivity index (χ3v) is 6.97. The second-order valence-corrected chi connectivity index (χ2v) is 9.61. The summed E-state index contributed by atoms with van der Waals surface area (Å²) in [5.74, 6) is -2.36. The van der Waals surface area contributed by atoms with Crippen molar-refractivity contribution < 1.29 is 13.6 Å². The van der Waals surface area contributed by atoms with Gasteiger partial charge in [0.25, 0.3) is 5.92 Å². The van der Waals surface area contributed by atoms with E-state index in [2.05, 4.69) is 30.9 Å². The molecule has 36 heavy (non-hydrogen) atoms. The first kappa shape index (κ1) is 24.3. The molecule has 1 aromatic carbocycles. The van der Waals surface area contributed by atoms with E-state index in [1.54, 1.807) is 22.0 Å². The normalized spacial score (nSPS) is 19.3. The lowest BCUT2D eigenvalue weighted by Crippen LogP contribution is -2.49. The first-order chi connectivity index (χ1) is 17.3. The average molecular weight is 496 g/mol. The summed E-state index contributed by atoms with van der Waals surface area (Å²) in [6.07, 6.45) is 4.32. The highest BCUT2D eigenvalue weighted by molar-refractivity contribution is 5.78. The van der Waals surface area contributed by atoms with Gasteiger partial charge in [0.2, 0.25) is 5.95 Å². The smallest absolute Gasteiger partial charge is 0.265 e. The largest absolute Gasteiger partial charge is 0.368 e. The molecule has 2 aromatic heterocycles. The van der Waals surface area contributed by atoms with Crippen LogP contribution in [0.4, 0.5) is 20.4 Å². The van der Waals surface area contributed by atoms with E-state index in [1.807, 2.05) is 38.1 Å². The molecule has 8 nitrogen and oxygen atoms in total. The van der Waals surface area contributed by atoms with Crippen LogP contribution in [0.2, 0.25) is 0 Å². The maximum atomic E-state index is 13.8. The number of anilines is 2. The number of benzene rings is 1. The first-order valence-electron chi connectivity index (χ1n) is 12.4. The standard InChI is InChI=1S/C26H31F2N7O/c1-19-14-20(2)35(31-19)24(17-36)33-12-10-32(11-13-33)23-7-4-3-6-22(23)21-15-29-25(30-16-21)34-9-5-8-26(27,28)18-34/h3-4,6-7,14-17,24H,5,8-13,18H2,1-2H3. The van der Waals surface area contributed by atoms with E-state index in [4.69, 9.17) is 0 Å². The predicted octanol–water partition coefficient (Wildman–Crippen LogP) is 3.71. The van der Waals surface area contributed by atoms with Crippen LogP contribution in [-0.4, -0.2) is 76.1 Å². The van der Waals surface area contributed by atoms with E-state index >= 15 is 0 Å². The van der Waals surface area contributed by atoms with Gasteiger partial charge in [0.05, 0.1) is 12.2 Å². The molecule has 0 saturated carbocycles. The number of rotatable bonds is 6. The van der Waals surface area contributed by atoms with Crippen molar-refractivity contribution in [2.45, 2.75) is 38.8 Å². The lowest BCUT2D eigenvalue weighted by molar-refractivity contribution is -0.116. The number of carbonyl (C=O) groups excluding carboxylic acids is 1. The topological polar surface area (TPSA) is 70.4 Å². The van der Waals surface area contributed by atoms with E-state index in [0.717, 1.165) is 47.6 Å². The van der Waals surface area contributed by atoms with E-state index in [0.29, 0.717) is 32.0 Å². The fourth-order valence-corrected chi connectivity index (χ4v) is 5.19. The lowest BCUT2D eigenvalue weighted by atomic mass is 10.1. The van der Waals surface area contributed by atoms with Crippen molar-refractivity contribution in [3.05, 3.63) is 54.1 Å². The Kier molecular flexibility index (Phi) is 6.70.